The molecular formula is C15H22N2O2. The second-order valence-corrected chi connectivity index (χ2v) is 2.97. The highest BCUT2D eigenvalue weighted by atomic mass is 16.1. The Hall–Kier alpha value is -2.36. The zero-order chi connectivity index (χ0) is 15.3. The van der Waals surface area contributed by atoms with Crippen LogP contribution in [0.4, 0.5) is 0 Å². The Bertz CT molecular complexity index is 534. The molecule has 0 amide bonds. The fourth-order valence-electron chi connectivity index (χ4n) is 1.08. The molecule has 4 heteroatoms. The third kappa shape index (κ3) is 7.54. The molecule has 19 heavy (non-hydrogen) atoms. The highest BCUT2D eigenvalue weighted by molar-refractivity contribution is 5.64. The molecule has 1 aromatic rings. The first-order chi connectivity index (χ1) is 9.15. The van der Waals surface area contributed by atoms with Crippen LogP contribution in [-0.4, -0.2) is 10.2 Å². The fraction of sp³-hybridized carbons (Fsp3) is 0.200. The van der Waals surface area contributed by atoms with Crippen LogP contribution in [0.15, 0.2) is 59.7 Å². The molecule has 0 saturated carbocycles. The van der Waals surface area contributed by atoms with Gasteiger partial charge in [0.2, 0.25) is 0 Å². The molecule has 0 fully saturated rings. The Kier molecular flexibility index (Phi) is 12.1. The number of allylic oxidation sites excluding steroid dienone is 5. The van der Waals surface area contributed by atoms with Gasteiger partial charge in [0.25, 0.3) is 11.1 Å². The van der Waals surface area contributed by atoms with E-state index in [1.54, 1.807) is 31.2 Å². The lowest BCUT2D eigenvalue weighted by atomic mass is 10.1. The first-order valence-corrected chi connectivity index (χ1v) is 5.93. The molecule has 0 atom stereocenters. The van der Waals surface area contributed by atoms with E-state index in [9.17, 15) is 9.59 Å². The van der Waals surface area contributed by atoms with Crippen molar-refractivity contribution < 1.29 is 0 Å². The van der Waals surface area contributed by atoms with Crippen LogP contribution in [0.3, 0.4) is 0 Å². The van der Waals surface area contributed by atoms with Crippen molar-refractivity contribution in [2.45, 2.75) is 20.8 Å². The monoisotopic (exact) mass is 262 g/mol. The first-order valence-electron chi connectivity index (χ1n) is 5.93. The van der Waals surface area contributed by atoms with Crippen LogP contribution in [0.5, 0.6) is 0 Å². The van der Waals surface area contributed by atoms with Crippen molar-refractivity contribution in [3.05, 3.63) is 76.4 Å². The van der Waals surface area contributed by atoms with E-state index < -0.39 is 0 Å². The number of nitrogens with one attached hydrogen (secondary N) is 2. The molecule has 104 valence electrons. The Morgan fingerprint density at radius 3 is 2.26 bits per heavy atom. The summed E-state index contributed by atoms with van der Waals surface area (Å²) in [7, 11) is 0. The SMILES string of the molecule is C=C.C=C/C=C\C=C(/C)c1cc(=O)[nH][nH]c1=O.CC. The van der Waals surface area contributed by atoms with E-state index in [2.05, 4.69) is 29.9 Å². The van der Waals surface area contributed by atoms with Gasteiger partial charge in [0.05, 0.1) is 0 Å². The summed E-state index contributed by atoms with van der Waals surface area (Å²) in [6.45, 7) is 15.3. The van der Waals surface area contributed by atoms with Gasteiger partial charge in [0.15, 0.2) is 0 Å². The molecule has 0 aliphatic heterocycles. The Labute approximate surface area is 113 Å². The van der Waals surface area contributed by atoms with Gasteiger partial charge in [-0.2, -0.15) is 0 Å². The highest BCUT2D eigenvalue weighted by Gasteiger charge is 2.01. The van der Waals surface area contributed by atoms with Gasteiger partial charge < -0.3 is 0 Å². The van der Waals surface area contributed by atoms with Crippen LogP contribution in [0.1, 0.15) is 26.3 Å². The zero-order valence-corrected chi connectivity index (χ0v) is 11.8. The van der Waals surface area contributed by atoms with Crippen molar-refractivity contribution in [1.29, 1.82) is 0 Å². The van der Waals surface area contributed by atoms with Gasteiger partial charge in [-0.3, -0.25) is 19.8 Å². The van der Waals surface area contributed by atoms with E-state index in [0.29, 0.717) is 5.56 Å². The van der Waals surface area contributed by atoms with Crippen LogP contribution in [0.25, 0.3) is 5.57 Å². The minimum absolute atomic E-state index is 0.310. The van der Waals surface area contributed by atoms with Gasteiger partial charge in [-0.15, -0.1) is 13.2 Å². The van der Waals surface area contributed by atoms with Gasteiger partial charge in [0.1, 0.15) is 0 Å². The molecule has 1 aromatic heterocycles. The molecule has 0 aliphatic carbocycles. The van der Waals surface area contributed by atoms with Crippen LogP contribution >= 0.6 is 0 Å². The van der Waals surface area contributed by atoms with E-state index in [-0.39, 0.29) is 11.1 Å². The van der Waals surface area contributed by atoms with Crippen LogP contribution in [-0.2, 0) is 0 Å². The smallest absolute Gasteiger partial charge is 0.268 e. The van der Waals surface area contributed by atoms with E-state index >= 15 is 0 Å². The molecule has 0 aromatic carbocycles. The number of hydrogen-bond acceptors (Lipinski definition) is 2. The summed E-state index contributed by atoms with van der Waals surface area (Å²) in [5, 5.41) is 4.47. The lowest BCUT2D eigenvalue weighted by molar-refractivity contribution is 0.944. The van der Waals surface area contributed by atoms with Gasteiger partial charge >= 0.3 is 0 Å². The van der Waals surface area contributed by atoms with Gasteiger partial charge in [0, 0.05) is 11.6 Å². The molecule has 0 saturated heterocycles. The quantitative estimate of drug-likeness (QED) is 0.649. The average Bonchev–Trinajstić information content (AvgIpc) is 2.46. The number of H-pyrrole nitrogens is 2. The maximum atomic E-state index is 11.3. The summed E-state index contributed by atoms with van der Waals surface area (Å²) in [6, 6.07) is 1.27. The third-order valence-corrected chi connectivity index (χ3v) is 1.84. The predicted octanol–water partition coefficient (Wildman–Crippen LogP) is 3.04. The molecule has 4 nitrogen and oxygen atoms in total. The molecule has 0 radical (unpaired) electrons. The summed E-state index contributed by atoms with van der Waals surface area (Å²) in [5.41, 5.74) is 0.452. The van der Waals surface area contributed by atoms with Crippen molar-refractivity contribution in [2.24, 2.45) is 0 Å². The normalized spacial score (nSPS) is 9.95. The minimum Gasteiger partial charge on any atom is -0.268 e. The maximum absolute atomic E-state index is 11.3. The Balaban J connectivity index is 0. The predicted molar refractivity (Wildman–Crippen MR) is 83.3 cm³/mol. The van der Waals surface area contributed by atoms with Crippen molar-refractivity contribution >= 4 is 5.57 Å². The number of hydrogen-bond donors (Lipinski definition) is 2. The Morgan fingerprint density at radius 1 is 1.16 bits per heavy atom. The molecule has 1 heterocycles. The van der Waals surface area contributed by atoms with E-state index in [1.165, 1.54) is 6.07 Å². The van der Waals surface area contributed by atoms with E-state index in [1.807, 2.05) is 13.8 Å². The lowest BCUT2D eigenvalue weighted by Gasteiger charge is -1.96. The van der Waals surface area contributed by atoms with E-state index in [4.69, 9.17) is 0 Å². The molecule has 0 unspecified atom stereocenters. The third-order valence-electron chi connectivity index (χ3n) is 1.84. The van der Waals surface area contributed by atoms with Crippen molar-refractivity contribution in [3.63, 3.8) is 0 Å². The van der Waals surface area contributed by atoms with Crippen LogP contribution < -0.4 is 11.1 Å². The van der Waals surface area contributed by atoms with Crippen LogP contribution in [0.2, 0.25) is 0 Å². The van der Waals surface area contributed by atoms with E-state index in [0.717, 1.165) is 5.57 Å². The summed E-state index contributed by atoms with van der Waals surface area (Å²) < 4.78 is 0. The summed E-state index contributed by atoms with van der Waals surface area (Å²) in [6.07, 6.45) is 6.87. The minimum atomic E-state index is -0.329. The fourth-order valence-corrected chi connectivity index (χ4v) is 1.08. The highest BCUT2D eigenvalue weighted by Crippen LogP contribution is 2.05. The van der Waals surface area contributed by atoms with Gasteiger partial charge in [-0.25, -0.2) is 0 Å². The standard InChI is InChI=1S/C11H12N2O2.C2H6.C2H4/c1-3-4-5-6-8(2)9-7-10(14)12-13-11(9)15;2*1-2/h3-7H,1H2,2H3,(H,12,14)(H,13,15);1-2H3;1-2H2/b5-4-,8-6+;;. The number of aromatic nitrogens is 2. The second-order valence-electron chi connectivity index (χ2n) is 2.97. The molecule has 2 N–H and O–H groups in total. The molecule has 1 rings (SSSR count). The average molecular weight is 262 g/mol. The zero-order valence-electron chi connectivity index (χ0n) is 11.8. The van der Waals surface area contributed by atoms with Crippen molar-refractivity contribution in [1.82, 2.24) is 10.2 Å². The topological polar surface area (TPSA) is 65.7 Å². The van der Waals surface area contributed by atoms with Crippen LogP contribution in [0, 0.1) is 0 Å². The molecule has 0 bridgehead atoms. The summed E-state index contributed by atoms with van der Waals surface area (Å²) in [4.78, 5) is 22.3. The molecular weight excluding hydrogens is 240 g/mol. The first kappa shape index (κ1) is 19.0. The molecule has 0 spiro atoms. The van der Waals surface area contributed by atoms with Crippen molar-refractivity contribution in [3.8, 4) is 0 Å². The molecule has 0 aliphatic rings. The van der Waals surface area contributed by atoms with Gasteiger partial charge in [-0.1, -0.05) is 44.7 Å². The lowest BCUT2D eigenvalue weighted by Crippen LogP contribution is -2.20. The summed E-state index contributed by atoms with van der Waals surface area (Å²) in [5.74, 6) is 0. The second kappa shape index (κ2) is 12.1. The largest absolute Gasteiger partial charge is 0.270 e. The maximum Gasteiger partial charge on any atom is 0.270 e. The summed E-state index contributed by atoms with van der Waals surface area (Å²) >= 11 is 0. The van der Waals surface area contributed by atoms with Crippen molar-refractivity contribution in [2.75, 3.05) is 0 Å². The van der Waals surface area contributed by atoms with Gasteiger partial charge in [-0.05, 0) is 12.5 Å². The number of aromatic amines is 2. The Morgan fingerprint density at radius 2 is 1.74 bits per heavy atom. The number of rotatable bonds is 3.